The molecule has 0 fully saturated rings. The molecule has 172 valence electrons. The number of rotatable bonds is 2. The van der Waals surface area contributed by atoms with Crippen molar-refractivity contribution in [2.45, 2.75) is 30.1 Å². The Morgan fingerprint density at radius 2 is 0.742 bits per heavy atom. The zero-order valence-electron chi connectivity index (χ0n) is 14.7. The molecule has 0 aliphatic heterocycles. The number of hydrogen-bond acceptors (Lipinski definition) is 2. The first-order valence-corrected chi connectivity index (χ1v) is 7.82. The van der Waals surface area contributed by atoms with Crippen LogP contribution in [0.15, 0.2) is 36.4 Å². The molecule has 0 atom stereocenters. The molecule has 0 saturated carbocycles. The zero-order valence-corrected chi connectivity index (χ0v) is 14.7. The van der Waals surface area contributed by atoms with Crippen molar-refractivity contribution in [2.75, 3.05) is 11.5 Å². The van der Waals surface area contributed by atoms with Crippen molar-refractivity contribution in [2.24, 2.45) is 0 Å². The number of alkyl halides is 12. The highest BCUT2D eigenvalue weighted by Gasteiger charge is 2.75. The molecule has 2 aromatic carbocycles. The van der Waals surface area contributed by atoms with Gasteiger partial charge in [-0.15, -0.1) is 0 Å². The van der Waals surface area contributed by atoms with E-state index in [2.05, 4.69) is 0 Å². The van der Waals surface area contributed by atoms with Gasteiger partial charge in [-0.3, -0.25) is 0 Å². The molecule has 0 unspecified atom stereocenters. The smallest absolute Gasteiger partial charge is 0.399 e. The summed E-state index contributed by atoms with van der Waals surface area (Å²) in [6.45, 7) is 0. The van der Waals surface area contributed by atoms with Crippen LogP contribution in [0.5, 0.6) is 0 Å². The first-order valence-electron chi connectivity index (χ1n) is 7.82. The molecule has 2 rings (SSSR count). The number of benzene rings is 2. The first kappa shape index (κ1) is 24.5. The second-order valence-electron chi connectivity index (χ2n) is 6.35. The van der Waals surface area contributed by atoms with Gasteiger partial charge in [-0.25, -0.2) is 0 Å². The third-order valence-corrected chi connectivity index (χ3v) is 4.36. The fourth-order valence-corrected chi connectivity index (χ4v) is 3.16. The van der Waals surface area contributed by atoms with Gasteiger partial charge in [0, 0.05) is 11.4 Å². The third-order valence-electron chi connectivity index (χ3n) is 4.36. The van der Waals surface area contributed by atoms with Gasteiger partial charge in [0.2, 0.25) is 5.41 Å². The average molecular weight is 470 g/mol. The molecule has 0 radical (unpaired) electrons. The molecule has 0 aliphatic rings. The van der Waals surface area contributed by atoms with E-state index >= 15 is 0 Å². The molecule has 0 aliphatic carbocycles. The van der Waals surface area contributed by atoms with E-state index in [4.69, 9.17) is 11.5 Å². The minimum absolute atomic E-state index is 0.216. The highest BCUT2D eigenvalue weighted by molar-refractivity contribution is 5.58. The number of halogens is 12. The number of hydrogen-bond donors (Lipinski definition) is 2. The lowest BCUT2D eigenvalue weighted by Crippen LogP contribution is -2.56. The molecule has 2 nitrogen and oxygen atoms in total. The predicted molar refractivity (Wildman–Crippen MR) is 84.6 cm³/mol. The molecule has 31 heavy (non-hydrogen) atoms. The Bertz CT molecular complexity index is 888. The van der Waals surface area contributed by atoms with Crippen LogP contribution >= 0.6 is 0 Å². The lowest BCUT2D eigenvalue weighted by Gasteiger charge is -2.40. The largest absolute Gasteiger partial charge is 0.416 e. The molecule has 0 aromatic heterocycles. The second kappa shape index (κ2) is 7.12. The quantitative estimate of drug-likeness (QED) is 0.400. The SMILES string of the molecule is Nc1ccc(C(c2ccc(N)cc2C(F)(F)F)(C(F)(F)F)C(F)(F)F)c(C(F)(F)F)c1. The van der Waals surface area contributed by atoms with Crippen molar-refractivity contribution in [3.63, 3.8) is 0 Å². The summed E-state index contributed by atoms with van der Waals surface area (Å²) < 4.78 is 165. The molecular formula is C17H10F12N2. The van der Waals surface area contributed by atoms with Crippen LogP contribution in [-0.4, -0.2) is 12.4 Å². The van der Waals surface area contributed by atoms with E-state index in [1.807, 2.05) is 0 Å². The number of anilines is 2. The van der Waals surface area contributed by atoms with Gasteiger partial charge in [0.1, 0.15) is 0 Å². The maximum atomic E-state index is 14.1. The van der Waals surface area contributed by atoms with E-state index in [1.54, 1.807) is 0 Å². The van der Waals surface area contributed by atoms with Crippen molar-refractivity contribution < 1.29 is 52.7 Å². The average Bonchev–Trinajstić information content (AvgIpc) is 2.53. The highest BCUT2D eigenvalue weighted by atomic mass is 19.4. The van der Waals surface area contributed by atoms with E-state index in [0.29, 0.717) is 12.1 Å². The van der Waals surface area contributed by atoms with Crippen LogP contribution in [0.1, 0.15) is 22.3 Å². The summed E-state index contributed by atoms with van der Waals surface area (Å²) in [7, 11) is 0. The minimum atomic E-state index is -6.70. The topological polar surface area (TPSA) is 52.0 Å². The number of nitrogens with two attached hydrogens (primary N) is 2. The molecule has 14 heteroatoms. The van der Waals surface area contributed by atoms with E-state index in [-0.39, 0.29) is 24.3 Å². The number of nitrogen functional groups attached to an aromatic ring is 2. The maximum Gasteiger partial charge on any atom is 0.416 e. The molecule has 0 spiro atoms. The van der Waals surface area contributed by atoms with Crippen molar-refractivity contribution in [3.05, 3.63) is 58.7 Å². The minimum Gasteiger partial charge on any atom is -0.399 e. The standard InChI is InChI=1S/C17H10F12N2/c18-14(19,20)11-5-7(30)1-3-9(11)13(16(24,25)26,17(27,28)29)10-4-2-8(31)6-12(10)15(21,22)23/h1-6H,30-31H2. The van der Waals surface area contributed by atoms with Gasteiger partial charge in [-0.2, -0.15) is 52.7 Å². The fourth-order valence-electron chi connectivity index (χ4n) is 3.16. The molecule has 2 aromatic rings. The van der Waals surface area contributed by atoms with E-state index < -0.39 is 63.7 Å². The fraction of sp³-hybridized carbons (Fsp3) is 0.294. The maximum absolute atomic E-state index is 14.1. The predicted octanol–water partition coefficient (Wildman–Crippen LogP) is 6.30. The highest BCUT2D eigenvalue weighted by Crippen LogP contribution is 2.60. The van der Waals surface area contributed by atoms with Crippen molar-refractivity contribution in [3.8, 4) is 0 Å². The molecule has 0 saturated heterocycles. The molecular weight excluding hydrogens is 460 g/mol. The summed E-state index contributed by atoms with van der Waals surface area (Å²) in [5.41, 5.74) is -7.27. The summed E-state index contributed by atoms with van der Waals surface area (Å²) in [5, 5.41) is 0. The second-order valence-corrected chi connectivity index (χ2v) is 6.35. The Kier molecular flexibility index (Phi) is 5.62. The van der Waals surface area contributed by atoms with E-state index in [1.165, 1.54) is 0 Å². The summed E-state index contributed by atoms with van der Waals surface area (Å²) in [5.74, 6) is 0. The normalized spacial score (nSPS) is 14.1. The van der Waals surface area contributed by atoms with Crippen molar-refractivity contribution in [1.29, 1.82) is 0 Å². The molecule has 0 amide bonds. The van der Waals surface area contributed by atoms with Gasteiger partial charge in [0.25, 0.3) is 0 Å². The molecule has 0 heterocycles. The Morgan fingerprint density at radius 3 is 0.968 bits per heavy atom. The van der Waals surface area contributed by atoms with Crippen LogP contribution in [0, 0.1) is 0 Å². The summed E-state index contributed by atoms with van der Waals surface area (Å²) in [6.07, 6.45) is -25.0. The zero-order chi connectivity index (χ0) is 24.2. The van der Waals surface area contributed by atoms with Gasteiger partial charge in [0.05, 0.1) is 11.1 Å². The van der Waals surface area contributed by atoms with Crippen molar-refractivity contribution >= 4 is 11.4 Å². The summed E-state index contributed by atoms with van der Waals surface area (Å²) in [6, 6.07) is -0.327. The Labute approximate surface area is 165 Å². The Morgan fingerprint density at radius 1 is 0.452 bits per heavy atom. The van der Waals surface area contributed by atoms with Gasteiger partial charge < -0.3 is 11.5 Å². The Balaban J connectivity index is 3.24. The summed E-state index contributed by atoms with van der Waals surface area (Å²) in [4.78, 5) is 0. The lowest BCUT2D eigenvalue weighted by molar-refractivity contribution is -0.290. The first-order chi connectivity index (χ1) is 13.7. The van der Waals surface area contributed by atoms with Crippen molar-refractivity contribution in [1.82, 2.24) is 0 Å². The summed E-state index contributed by atoms with van der Waals surface area (Å²) >= 11 is 0. The van der Waals surface area contributed by atoms with Gasteiger partial charge in [-0.05, 0) is 35.4 Å². The van der Waals surface area contributed by atoms with Crippen LogP contribution in [-0.2, 0) is 17.8 Å². The molecule has 4 N–H and O–H groups in total. The van der Waals surface area contributed by atoms with Gasteiger partial charge >= 0.3 is 24.7 Å². The van der Waals surface area contributed by atoms with Crippen LogP contribution in [0.2, 0.25) is 0 Å². The van der Waals surface area contributed by atoms with Gasteiger partial charge in [-0.1, -0.05) is 12.1 Å². The van der Waals surface area contributed by atoms with Gasteiger partial charge in [0.15, 0.2) is 0 Å². The monoisotopic (exact) mass is 470 g/mol. The third kappa shape index (κ3) is 4.06. The Hall–Kier alpha value is -2.80. The van der Waals surface area contributed by atoms with Crippen LogP contribution in [0.4, 0.5) is 64.1 Å². The van der Waals surface area contributed by atoms with E-state index in [0.717, 1.165) is 0 Å². The molecule has 0 bridgehead atoms. The van der Waals surface area contributed by atoms with Crippen LogP contribution < -0.4 is 11.5 Å². The van der Waals surface area contributed by atoms with E-state index in [9.17, 15) is 52.7 Å². The lowest BCUT2D eigenvalue weighted by atomic mass is 9.69. The van der Waals surface area contributed by atoms with Crippen LogP contribution in [0.25, 0.3) is 0 Å². The van der Waals surface area contributed by atoms with Crippen LogP contribution in [0.3, 0.4) is 0 Å².